The van der Waals surface area contributed by atoms with Crippen molar-refractivity contribution in [3.8, 4) is 5.75 Å². The third-order valence-electron chi connectivity index (χ3n) is 2.92. The van der Waals surface area contributed by atoms with Crippen molar-refractivity contribution >= 4 is 0 Å². The third-order valence-corrected chi connectivity index (χ3v) is 2.92. The van der Waals surface area contributed by atoms with Gasteiger partial charge in [0.25, 0.3) is 0 Å². The second-order valence-corrected chi connectivity index (χ2v) is 4.09. The Morgan fingerprint density at radius 3 is 2.62 bits per heavy atom. The third kappa shape index (κ3) is 1.30. The normalized spacial score (nSPS) is 18.4. The minimum Gasteiger partial charge on any atom is -0.495 e. The number of ether oxygens (including phenoxy) is 1. The van der Waals surface area contributed by atoms with Crippen LogP contribution in [0.5, 0.6) is 5.75 Å². The fourth-order valence-electron chi connectivity index (χ4n) is 1.91. The van der Waals surface area contributed by atoms with Crippen molar-refractivity contribution in [1.82, 2.24) is 4.98 Å². The summed E-state index contributed by atoms with van der Waals surface area (Å²) < 4.78 is 5.33. The van der Waals surface area contributed by atoms with E-state index in [1.54, 1.807) is 7.11 Å². The van der Waals surface area contributed by atoms with E-state index in [1.807, 2.05) is 12.4 Å². The van der Waals surface area contributed by atoms with Crippen LogP contribution in [-0.4, -0.2) is 12.1 Å². The van der Waals surface area contributed by atoms with E-state index in [0.717, 1.165) is 5.75 Å². The molecule has 1 aliphatic rings. The SMILES string of the molecule is COc1cncc(C)c1C1(C)CC1. The Hall–Kier alpha value is -1.05. The molecule has 0 aliphatic heterocycles. The minimum absolute atomic E-state index is 0.359. The van der Waals surface area contributed by atoms with Crippen LogP contribution in [0.3, 0.4) is 0 Å². The first-order valence-electron chi connectivity index (χ1n) is 4.66. The van der Waals surface area contributed by atoms with Crippen LogP contribution in [0.4, 0.5) is 0 Å². The number of hydrogen-bond donors (Lipinski definition) is 0. The van der Waals surface area contributed by atoms with Gasteiger partial charge < -0.3 is 4.74 Å². The van der Waals surface area contributed by atoms with E-state index in [1.165, 1.54) is 24.0 Å². The first-order valence-corrected chi connectivity index (χ1v) is 4.66. The second-order valence-electron chi connectivity index (χ2n) is 4.09. The van der Waals surface area contributed by atoms with Crippen molar-refractivity contribution in [2.24, 2.45) is 0 Å². The number of aromatic nitrogens is 1. The molecule has 1 saturated carbocycles. The summed E-state index contributed by atoms with van der Waals surface area (Å²) >= 11 is 0. The highest BCUT2D eigenvalue weighted by Gasteiger charge is 2.42. The Bertz CT molecular complexity index is 329. The quantitative estimate of drug-likeness (QED) is 0.692. The van der Waals surface area contributed by atoms with Crippen LogP contribution < -0.4 is 4.74 Å². The highest BCUT2D eigenvalue weighted by molar-refractivity contribution is 5.45. The van der Waals surface area contributed by atoms with Gasteiger partial charge in [-0.05, 0) is 30.7 Å². The Morgan fingerprint density at radius 1 is 1.38 bits per heavy atom. The average molecular weight is 177 g/mol. The molecule has 0 spiro atoms. The van der Waals surface area contributed by atoms with Crippen molar-refractivity contribution < 1.29 is 4.74 Å². The maximum absolute atomic E-state index is 5.33. The van der Waals surface area contributed by atoms with Gasteiger partial charge >= 0.3 is 0 Å². The number of aryl methyl sites for hydroxylation is 1. The van der Waals surface area contributed by atoms with Crippen LogP contribution in [0.2, 0.25) is 0 Å². The number of methoxy groups -OCH3 is 1. The zero-order valence-corrected chi connectivity index (χ0v) is 8.42. The Kier molecular flexibility index (Phi) is 1.79. The van der Waals surface area contributed by atoms with Gasteiger partial charge in [-0.2, -0.15) is 0 Å². The lowest BCUT2D eigenvalue weighted by atomic mass is 9.94. The molecule has 1 fully saturated rings. The van der Waals surface area contributed by atoms with E-state index in [4.69, 9.17) is 4.74 Å². The summed E-state index contributed by atoms with van der Waals surface area (Å²) in [5, 5.41) is 0. The Balaban J connectivity index is 2.52. The summed E-state index contributed by atoms with van der Waals surface area (Å²) in [5.74, 6) is 0.944. The maximum atomic E-state index is 5.33. The highest BCUT2D eigenvalue weighted by Crippen LogP contribution is 2.51. The van der Waals surface area contributed by atoms with Gasteiger partial charge in [-0.1, -0.05) is 6.92 Å². The van der Waals surface area contributed by atoms with Gasteiger partial charge in [-0.15, -0.1) is 0 Å². The molecule has 0 atom stereocenters. The van der Waals surface area contributed by atoms with E-state index in [-0.39, 0.29) is 0 Å². The molecule has 0 N–H and O–H groups in total. The first-order chi connectivity index (χ1) is 6.17. The van der Waals surface area contributed by atoms with Crippen LogP contribution >= 0.6 is 0 Å². The van der Waals surface area contributed by atoms with Crippen LogP contribution in [0.25, 0.3) is 0 Å². The van der Waals surface area contributed by atoms with Crippen molar-refractivity contribution in [2.75, 3.05) is 7.11 Å². The molecule has 0 amide bonds. The second kappa shape index (κ2) is 2.72. The summed E-state index contributed by atoms with van der Waals surface area (Å²) in [4.78, 5) is 4.13. The first kappa shape index (κ1) is 8.54. The molecule has 13 heavy (non-hydrogen) atoms. The van der Waals surface area contributed by atoms with Gasteiger partial charge in [0.05, 0.1) is 13.3 Å². The number of pyridine rings is 1. The summed E-state index contributed by atoms with van der Waals surface area (Å²) in [6.45, 7) is 4.40. The molecule has 0 aromatic carbocycles. The van der Waals surface area contributed by atoms with Crippen LogP contribution in [0.15, 0.2) is 12.4 Å². The number of hydrogen-bond acceptors (Lipinski definition) is 2. The molecule has 2 nitrogen and oxygen atoms in total. The largest absolute Gasteiger partial charge is 0.495 e. The lowest BCUT2D eigenvalue weighted by Crippen LogP contribution is -2.06. The monoisotopic (exact) mass is 177 g/mol. The van der Waals surface area contributed by atoms with E-state index >= 15 is 0 Å². The standard InChI is InChI=1S/C11H15NO/c1-8-6-12-7-9(13-3)10(8)11(2)4-5-11/h6-7H,4-5H2,1-3H3. The zero-order valence-electron chi connectivity index (χ0n) is 8.42. The van der Waals surface area contributed by atoms with Crippen LogP contribution in [-0.2, 0) is 5.41 Å². The van der Waals surface area contributed by atoms with E-state index < -0.39 is 0 Å². The maximum Gasteiger partial charge on any atom is 0.141 e. The van der Waals surface area contributed by atoms with Gasteiger partial charge in [0.2, 0.25) is 0 Å². The smallest absolute Gasteiger partial charge is 0.141 e. The molecular formula is C11H15NO. The summed E-state index contributed by atoms with van der Waals surface area (Å²) in [6, 6.07) is 0. The van der Waals surface area contributed by atoms with Crippen molar-refractivity contribution in [1.29, 1.82) is 0 Å². The molecule has 2 heteroatoms. The fraction of sp³-hybridized carbons (Fsp3) is 0.545. The molecule has 2 rings (SSSR count). The molecule has 0 unspecified atom stereocenters. The van der Waals surface area contributed by atoms with Gasteiger partial charge in [0.15, 0.2) is 0 Å². The van der Waals surface area contributed by atoms with Gasteiger partial charge in [0.1, 0.15) is 5.75 Å². The fourth-order valence-corrected chi connectivity index (χ4v) is 1.91. The summed E-state index contributed by atoms with van der Waals surface area (Å²) in [6.07, 6.45) is 6.27. The molecular weight excluding hydrogens is 162 g/mol. The van der Waals surface area contributed by atoms with Crippen molar-refractivity contribution in [3.63, 3.8) is 0 Å². The molecule has 0 bridgehead atoms. The van der Waals surface area contributed by atoms with Gasteiger partial charge in [-0.3, -0.25) is 4.98 Å². The van der Waals surface area contributed by atoms with Crippen LogP contribution in [0, 0.1) is 6.92 Å². The molecule has 1 aromatic rings. The summed E-state index contributed by atoms with van der Waals surface area (Å²) in [5.41, 5.74) is 2.96. The van der Waals surface area contributed by atoms with E-state index in [9.17, 15) is 0 Å². The molecule has 1 aromatic heterocycles. The highest BCUT2D eigenvalue weighted by atomic mass is 16.5. The Labute approximate surface area is 78.9 Å². The number of rotatable bonds is 2. The van der Waals surface area contributed by atoms with E-state index in [2.05, 4.69) is 18.8 Å². The van der Waals surface area contributed by atoms with Gasteiger partial charge in [-0.25, -0.2) is 0 Å². The topological polar surface area (TPSA) is 22.1 Å². The minimum atomic E-state index is 0.359. The van der Waals surface area contributed by atoms with E-state index in [0.29, 0.717) is 5.41 Å². The predicted octanol–water partition coefficient (Wildman–Crippen LogP) is 2.45. The molecule has 0 radical (unpaired) electrons. The summed E-state index contributed by atoms with van der Waals surface area (Å²) in [7, 11) is 1.71. The molecule has 70 valence electrons. The lowest BCUT2D eigenvalue weighted by Gasteiger charge is -2.15. The van der Waals surface area contributed by atoms with Gasteiger partial charge in [0, 0.05) is 11.8 Å². The van der Waals surface area contributed by atoms with Crippen molar-refractivity contribution in [2.45, 2.75) is 32.1 Å². The van der Waals surface area contributed by atoms with Crippen LogP contribution in [0.1, 0.15) is 30.9 Å². The molecule has 0 saturated heterocycles. The number of nitrogens with zero attached hydrogens (tertiary/aromatic N) is 1. The van der Waals surface area contributed by atoms with Crippen molar-refractivity contribution in [3.05, 3.63) is 23.5 Å². The average Bonchev–Trinajstić information content (AvgIpc) is 2.84. The predicted molar refractivity (Wildman–Crippen MR) is 52.1 cm³/mol. The molecule has 1 heterocycles. The lowest BCUT2D eigenvalue weighted by molar-refractivity contribution is 0.402. The Morgan fingerprint density at radius 2 is 2.08 bits per heavy atom. The zero-order chi connectivity index (χ0) is 9.47. The molecule has 1 aliphatic carbocycles.